The number of nitriles is 1. The maximum absolute atomic E-state index is 12.0. The Hall–Kier alpha value is -3.20. The average molecular weight is 309 g/mol. The number of carbonyl (C=O) groups is 1. The van der Waals surface area contributed by atoms with E-state index in [0.717, 1.165) is 0 Å². The van der Waals surface area contributed by atoms with Crippen molar-refractivity contribution in [3.05, 3.63) is 48.2 Å². The summed E-state index contributed by atoms with van der Waals surface area (Å²) in [6.07, 6.45) is 2.75. The second kappa shape index (κ2) is 5.89. The first kappa shape index (κ1) is 10.5. The first-order valence-electron chi connectivity index (χ1n) is 8.95. The lowest BCUT2D eigenvalue weighted by molar-refractivity contribution is -0.116. The molecule has 0 unspecified atom stereocenters. The van der Waals surface area contributed by atoms with E-state index in [9.17, 15) is 4.79 Å². The highest BCUT2D eigenvalue weighted by atomic mass is 16.2. The fourth-order valence-corrected chi connectivity index (χ4v) is 2.29. The zero-order chi connectivity index (χ0) is 19.9. The molecule has 0 aliphatic heterocycles. The summed E-state index contributed by atoms with van der Waals surface area (Å²) in [5, 5.41) is 13.3. The van der Waals surface area contributed by atoms with E-state index in [1.807, 2.05) is 6.07 Å². The Kier molecular flexibility index (Phi) is 2.69. The number of nitrogens with zero attached hydrogens (tertiary/aromatic N) is 5. The minimum absolute atomic E-state index is 0.0291. The molecule has 0 saturated carbocycles. The van der Waals surface area contributed by atoms with E-state index >= 15 is 0 Å². The van der Waals surface area contributed by atoms with E-state index in [4.69, 9.17) is 10.7 Å². The van der Waals surface area contributed by atoms with Crippen molar-refractivity contribution in [3.8, 4) is 17.3 Å². The van der Waals surface area contributed by atoms with Gasteiger partial charge in [0.25, 0.3) is 0 Å². The minimum Gasteiger partial charge on any atom is -0.313 e. The maximum Gasteiger partial charge on any atom is 0.223 e. The number of anilines is 1. The summed E-state index contributed by atoms with van der Waals surface area (Å²) in [7, 11) is 0. The molecule has 0 fully saturated rings. The molecule has 114 valence electrons. The highest BCUT2D eigenvalue weighted by molar-refractivity contribution is 5.92. The van der Waals surface area contributed by atoms with Crippen molar-refractivity contribution < 1.29 is 10.3 Å². The molecule has 3 aromatic rings. The Morgan fingerprint density at radius 3 is 3.04 bits per heavy atom. The van der Waals surface area contributed by atoms with Gasteiger partial charge >= 0.3 is 0 Å². The largest absolute Gasteiger partial charge is 0.313 e. The molecular formula is C17H15N5O. The standard InChI is InChI=1S/C17H15N5O/c1-3-21(12(2)23)15-6-4-5-13(9-15)16-7-8-19-17-14(10-18)11-20-22(16)17/h4-9,11H,3H2,1-2H3/i4D,5D,6D,9D. The van der Waals surface area contributed by atoms with Crippen LogP contribution in [0.3, 0.4) is 0 Å². The van der Waals surface area contributed by atoms with Crippen LogP contribution < -0.4 is 4.90 Å². The summed E-state index contributed by atoms with van der Waals surface area (Å²) in [4.78, 5) is 17.3. The lowest BCUT2D eigenvalue weighted by Crippen LogP contribution is -2.27. The fraction of sp³-hybridized carbons (Fsp3) is 0.176. The monoisotopic (exact) mass is 309 g/mol. The van der Waals surface area contributed by atoms with Gasteiger partial charge in [0, 0.05) is 30.9 Å². The van der Waals surface area contributed by atoms with E-state index in [-0.39, 0.29) is 58.7 Å². The van der Waals surface area contributed by atoms with Gasteiger partial charge in [-0.1, -0.05) is 12.1 Å². The van der Waals surface area contributed by atoms with Crippen molar-refractivity contribution in [1.29, 1.82) is 5.26 Å². The van der Waals surface area contributed by atoms with Crippen molar-refractivity contribution in [1.82, 2.24) is 14.6 Å². The number of aromatic nitrogens is 3. The summed E-state index contributed by atoms with van der Waals surface area (Å²) in [5.41, 5.74) is 0.795. The Morgan fingerprint density at radius 1 is 1.52 bits per heavy atom. The molecule has 0 aliphatic rings. The highest BCUT2D eigenvalue weighted by Gasteiger charge is 2.13. The van der Waals surface area contributed by atoms with Crippen molar-refractivity contribution in [2.24, 2.45) is 0 Å². The third-order valence-electron chi connectivity index (χ3n) is 3.36. The van der Waals surface area contributed by atoms with Gasteiger partial charge in [-0.15, -0.1) is 0 Å². The molecule has 0 saturated heterocycles. The summed E-state index contributed by atoms with van der Waals surface area (Å²) in [5.74, 6) is -0.367. The molecule has 0 N–H and O–H groups in total. The van der Waals surface area contributed by atoms with Crippen LogP contribution in [-0.4, -0.2) is 27.0 Å². The second-order valence-corrected chi connectivity index (χ2v) is 4.72. The van der Waals surface area contributed by atoms with Crippen LogP contribution in [0.2, 0.25) is 0 Å². The number of fused-ring (bicyclic) bond motifs is 1. The van der Waals surface area contributed by atoms with Gasteiger partial charge < -0.3 is 4.90 Å². The number of carbonyl (C=O) groups excluding carboxylic acids is 1. The number of hydrogen-bond donors (Lipinski definition) is 0. The van der Waals surface area contributed by atoms with E-state index in [1.54, 1.807) is 6.92 Å². The molecule has 1 amide bonds. The van der Waals surface area contributed by atoms with Crippen LogP contribution in [-0.2, 0) is 4.79 Å². The highest BCUT2D eigenvalue weighted by Crippen LogP contribution is 2.25. The Balaban J connectivity index is 2.42. The topological polar surface area (TPSA) is 74.3 Å². The molecule has 0 atom stereocenters. The van der Waals surface area contributed by atoms with E-state index in [0.29, 0.717) is 0 Å². The quantitative estimate of drug-likeness (QED) is 0.745. The average Bonchev–Trinajstić information content (AvgIpc) is 3.07. The lowest BCUT2D eigenvalue weighted by Gasteiger charge is -2.19. The van der Waals surface area contributed by atoms with Gasteiger partial charge in [0.2, 0.25) is 5.91 Å². The SMILES string of the molecule is [2H]c1c([2H])c(-c2ccnc3c(C#N)cnn23)c([2H])c(N(CC)C(C)=O)c1[2H]. The number of benzene rings is 1. The zero-order valence-corrected chi connectivity index (χ0v) is 12.6. The molecule has 0 bridgehead atoms. The van der Waals surface area contributed by atoms with E-state index in [1.165, 1.54) is 34.8 Å². The van der Waals surface area contributed by atoms with Crippen molar-refractivity contribution in [2.45, 2.75) is 13.8 Å². The zero-order valence-electron chi connectivity index (χ0n) is 16.6. The van der Waals surface area contributed by atoms with Crippen molar-refractivity contribution >= 4 is 17.2 Å². The first-order valence-corrected chi connectivity index (χ1v) is 6.95. The molecule has 2 aromatic heterocycles. The van der Waals surface area contributed by atoms with Crippen LogP contribution in [0.15, 0.2) is 42.6 Å². The molecule has 0 radical (unpaired) electrons. The van der Waals surface area contributed by atoms with Crippen molar-refractivity contribution in [2.75, 3.05) is 11.4 Å². The smallest absolute Gasteiger partial charge is 0.223 e. The number of hydrogen-bond acceptors (Lipinski definition) is 4. The first-order chi connectivity index (χ1) is 12.8. The summed E-state index contributed by atoms with van der Waals surface area (Å²) in [6, 6.07) is 2.20. The van der Waals surface area contributed by atoms with Crippen LogP contribution in [0.5, 0.6) is 0 Å². The fourth-order valence-electron chi connectivity index (χ4n) is 2.29. The molecule has 2 heterocycles. The summed E-state index contributed by atoms with van der Waals surface area (Å²) in [6.45, 7) is 3.24. The summed E-state index contributed by atoms with van der Waals surface area (Å²) < 4.78 is 34.5. The predicted molar refractivity (Wildman–Crippen MR) is 86.8 cm³/mol. The molecule has 0 spiro atoms. The van der Waals surface area contributed by atoms with Crippen molar-refractivity contribution in [3.63, 3.8) is 0 Å². The second-order valence-electron chi connectivity index (χ2n) is 4.72. The lowest BCUT2D eigenvalue weighted by atomic mass is 10.1. The summed E-state index contributed by atoms with van der Waals surface area (Å²) >= 11 is 0. The van der Waals surface area contributed by atoms with E-state index in [2.05, 4.69) is 10.1 Å². The molecular weight excluding hydrogens is 290 g/mol. The Morgan fingerprint density at radius 2 is 2.35 bits per heavy atom. The maximum atomic E-state index is 12.0. The third-order valence-corrected chi connectivity index (χ3v) is 3.36. The van der Waals surface area contributed by atoms with Crippen LogP contribution in [0.25, 0.3) is 16.9 Å². The van der Waals surface area contributed by atoms with E-state index < -0.39 is 6.04 Å². The number of rotatable bonds is 3. The normalized spacial score (nSPS) is 12.9. The third kappa shape index (κ3) is 2.53. The molecule has 1 aromatic carbocycles. The molecule has 3 rings (SSSR count). The Bertz CT molecular complexity index is 1120. The minimum atomic E-state index is -0.395. The van der Waals surface area contributed by atoms with Crippen LogP contribution in [0, 0.1) is 11.3 Å². The molecule has 0 aliphatic carbocycles. The van der Waals surface area contributed by atoms with Gasteiger partial charge in [-0.2, -0.15) is 10.4 Å². The van der Waals surface area contributed by atoms with Gasteiger partial charge in [0.1, 0.15) is 11.6 Å². The molecule has 6 heteroatoms. The van der Waals surface area contributed by atoms with Gasteiger partial charge in [-0.25, -0.2) is 9.50 Å². The van der Waals surface area contributed by atoms with Gasteiger partial charge in [-0.05, 0) is 25.1 Å². The molecule has 23 heavy (non-hydrogen) atoms. The van der Waals surface area contributed by atoms with Crippen LogP contribution >= 0.6 is 0 Å². The molecule has 6 nitrogen and oxygen atoms in total. The van der Waals surface area contributed by atoms with Gasteiger partial charge in [-0.3, -0.25) is 4.79 Å². The van der Waals surface area contributed by atoms with Gasteiger partial charge in [0.15, 0.2) is 5.65 Å². The van der Waals surface area contributed by atoms with Gasteiger partial charge in [0.05, 0.1) is 17.4 Å². The van der Waals surface area contributed by atoms with Crippen LogP contribution in [0.1, 0.15) is 24.9 Å². The predicted octanol–water partition coefficient (Wildman–Crippen LogP) is 2.64. The number of amides is 1. The van der Waals surface area contributed by atoms with Crippen LogP contribution in [0.4, 0.5) is 5.69 Å². The Labute approximate surface area is 139 Å².